The minimum atomic E-state index is 0.526. The Morgan fingerprint density at radius 1 is 1.11 bits per heavy atom. The number of unbranched alkanes of at least 4 members (excludes halogenated alkanes) is 1. The molecule has 0 unspecified atom stereocenters. The summed E-state index contributed by atoms with van der Waals surface area (Å²) in [7, 11) is 2.16. The van der Waals surface area contributed by atoms with E-state index in [1.54, 1.807) is 0 Å². The summed E-state index contributed by atoms with van der Waals surface area (Å²) in [5.41, 5.74) is 2.42. The Morgan fingerprint density at radius 2 is 1.74 bits per heavy atom. The average Bonchev–Trinajstić information content (AvgIpc) is 2.34. The molecule has 0 fully saturated rings. The van der Waals surface area contributed by atoms with Crippen LogP contribution < -0.4 is 5.32 Å². The molecule has 0 saturated heterocycles. The number of nitrogens with one attached hydrogen (secondary N) is 1. The fraction of sp³-hybridized carbons (Fsp3) is 0.765. The van der Waals surface area contributed by atoms with E-state index in [1.807, 2.05) is 0 Å². The van der Waals surface area contributed by atoms with Gasteiger partial charge in [-0.15, -0.1) is 0 Å². The lowest BCUT2D eigenvalue weighted by Crippen LogP contribution is -2.21. The topological polar surface area (TPSA) is 15.3 Å². The highest BCUT2D eigenvalue weighted by atomic mass is 15.1. The first-order valence-electron chi connectivity index (χ1n) is 7.66. The molecule has 0 heterocycles. The van der Waals surface area contributed by atoms with Gasteiger partial charge in [0.15, 0.2) is 0 Å². The third-order valence-electron chi connectivity index (χ3n) is 3.52. The summed E-state index contributed by atoms with van der Waals surface area (Å²) in [4.78, 5) is 2.31. The van der Waals surface area contributed by atoms with Crippen molar-refractivity contribution >= 4 is 0 Å². The molecule has 2 heteroatoms. The molecule has 1 N–H and O–H groups in total. The fourth-order valence-corrected chi connectivity index (χ4v) is 1.73. The average molecular weight is 266 g/mol. The van der Waals surface area contributed by atoms with Gasteiger partial charge >= 0.3 is 0 Å². The first kappa shape index (κ1) is 18.1. The number of allylic oxidation sites excluding steroid dienone is 2. The lowest BCUT2D eigenvalue weighted by molar-refractivity contribution is 0.377. The molecule has 0 aromatic rings. The predicted octanol–water partition coefficient (Wildman–Crippen LogP) is 4.41. The van der Waals surface area contributed by atoms with Gasteiger partial charge < -0.3 is 10.2 Å². The molecule has 0 amide bonds. The van der Waals surface area contributed by atoms with Crippen molar-refractivity contribution in [3.63, 3.8) is 0 Å². The van der Waals surface area contributed by atoms with E-state index in [2.05, 4.69) is 58.1 Å². The van der Waals surface area contributed by atoms with Gasteiger partial charge in [0.1, 0.15) is 0 Å². The molecule has 0 spiro atoms. The van der Waals surface area contributed by atoms with E-state index in [0.717, 1.165) is 31.1 Å². The van der Waals surface area contributed by atoms with Gasteiger partial charge in [-0.25, -0.2) is 0 Å². The number of rotatable bonds is 11. The number of nitrogens with zero attached hydrogens (tertiary/aromatic N) is 1. The monoisotopic (exact) mass is 266 g/mol. The Morgan fingerprint density at radius 3 is 2.26 bits per heavy atom. The zero-order chi connectivity index (χ0) is 14.8. The van der Waals surface area contributed by atoms with Gasteiger partial charge in [-0.1, -0.05) is 40.9 Å². The van der Waals surface area contributed by atoms with E-state index in [9.17, 15) is 0 Å². The lowest BCUT2D eigenvalue weighted by Gasteiger charge is -2.22. The van der Waals surface area contributed by atoms with Crippen LogP contribution in [0.4, 0.5) is 0 Å². The van der Waals surface area contributed by atoms with Gasteiger partial charge in [0.05, 0.1) is 0 Å². The minimum Gasteiger partial charge on any atom is -0.389 e. The van der Waals surface area contributed by atoms with Crippen molar-refractivity contribution in [2.75, 3.05) is 20.1 Å². The fourth-order valence-electron chi connectivity index (χ4n) is 1.73. The Kier molecular flexibility index (Phi) is 9.46. The summed E-state index contributed by atoms with van der Waals surface area (Å²) in [6.45, 7) is 19.2. The molecule has 0 radical (unpaired) electrons. The zero-order valence-corrected chi connectivity index (χ0v) is 13.8. The Balaban J connectivity index is 3.60. The highest BCUT2D eigenvalue weighted by Crippen LogP contribution is 2.13. The van der Waals surface area contributed by atoms with Gasteiger partial charge in [-0.2, -0.15) is 0 Å². The summed E-state index contributed by atoms with van der Waals surface area (Å²) in [5.74, 6) is 1.29. The van der Waals surface area contributed by atoms with Crippen LogP contribution in [0.3, 0.4) is 0 Å². The van der Waals surface area contributed by atoms with Gasteiger partial charge in [0.2, 0.25) is 0 Å². The van der Waals surface area contributed by atoms with Crippen molar-refractivity contribution in [2.45, 2.75) is 53.4 Å². The molecule has 0 rings (SSSR count). The van der Waals surface area contributed by atoms with E-state index in [-0.39, 0.29) is 0 Å². The van der Waals surface area contributed by atoms with Crippen molar-refractivity contribution in [3.05, 3.63) is 24.6 Å². The normalized spacial score (nSPS) is 10.9. The van der Waals surface area contributed by atoms with Crippen LogP contribution in [0.15, 0.2) is 24.6 Å². The van der Waals surface area contributed by atoms with Gasteiger partial charge in [-0.05, 0) is 37.5 Å². The third kappa shape index (κ3) is 9.63. The smallest absolute Gasteiger partial charge is 0.0172 e. The van der Waals surface area contributed by atoms with Crippen LogP contribution in [0.1, 0.15) is 53.4 Å². The van der Waals surface area contributed by atoms with E-state index in [4.69, 9.17) is 0 Å². The van der Waals surface area contributed by atoms with E-state index in [0.29, 0.717) is 5.92 Å². The maximum absolute atomic E-state index is 4.17. The van der Waals surface area contributed by atoms with Crippen LogP contribution in [0.25, 0.3) is 0 Å². The maximum atomic E-state index is 4.17. The van der Waals surface area contributed by atoms with Gasteiger partial charge in [0, 0.05) is 31.5 Å². The Labute approximate surface area is 121 Å². The highest BCUT2D eigenvalue weighted by Gasteiger charge is 2.04. The summed E-state index contributed by atoms with van der Waals surface area (Å²) in [5, 5.41) is 3.39. The first-order valence-corrected chi connectivity index (χ1v) is 7.66. The molecule has 0 bridgehead atoms. The second-order valence-electron chi connectivity index (χ2n) is 6.23. The second-order valence-corrected chi connectivity index (χ2v) is 6.23. The molecule has 0 aromatic heterocycles. The van der Waals surface area contributed by atoms with Crippen LogP contribution in [-0.4, -0.2) is 25.0 Å². The summed E-state index contributed by atoms with van der Waals surface area (Å²) in [6, 6.07) is 0. The number of hydrogen-bond acceptors (Lipinski definition) is 2. The third-order valence-corrected chi connectivity index (χ3v) is 3.52. The van der Waals surface area contributed by atoms with E-state index < -0.39 is 0 Å². The Hall–Kier alpha value is -0.920. The standard InChI is InChI=1S/C17H34N2/c1-14(2)10-11-16(5)19(7)13-9-8-12-18-17(6)15(3)4/h14-15,18H,5-6,8-13H2,1-4,7H3. The molecule has 19 heavy (non-hydrogen) atoms. The molecule has 0 aliphatic rings. The molecule has 0 aromatic carbocycles. The van der Waals surface area contributed by atoms with Crippen molar-refractivity contribution in [1.29, 1.82) is 0 Å². The number of hydrogen-bond donors (Lipinski definition) is 1. The van der Waals surface area contributed by atoms with Crippen molar-refractivity contribution in [2.24, 2.45) is 11.8 Å². The molecule has 0 aliphatic heterocycles. The molecular weight excluding hydrogens is 232 g/mol. The minimum absolute atomic E-state index is 0.526. The maximum Gasteiger partial charge on any atom is 0.0172 e. The van der Waals surface area contributed by atoms with E-state index >= 15 is 0 Å². The predicted molar refractivity (Wildman–Crippen MR) is 87.1 cm³/mol. The summed E-state index contributed by atoms with van der Waals surface area (Å²) < 4.78 is 0. The molecule has 112 valence electrons. The van der Waals surface area contributed by atoms with Crippen molar-refractivity contribution < 1.29 is 0 Å². The van der Waals surface area contributed by atoms with Crippen LogP contribution in [0.2, 0.25) is 0 Å². The van der Waals surface area contributed by atoms with Gasteiger partial charge in [0.25, 0.3) is 0 Å². The first-order chi connectivity index (χ1) is 8.84. The van der Waals surface area contributed by atoms with Crippen molar-refractivity contribution in [3.8, 4) is 0 Å². The molecule has 0 saturated carbocycles. The quantitative estimate of drug-likeness (QED) is 0.557. The highest BCUT2D eigenvalue weighted by molar-refractivity contribution is 4.94. The lowest BCUT2D eigenvalue weighted by atomic mass is 10.1. The Bertz CT molecular complexity index is 266. The SMILES string of the molecule is C=C(NCCCCN(C)C(=C)CCC(C)C)C(C)C. The molecule has 2 nitrogen and oxygen atoms in total. The summed E-state index contributed by atoms with van der Waals surface area (Å²) in [6.07, 6.45) is 4.75. The second kappa shape index (κ2) is 9.94. The van der Waals surface area contributed by atoms with E-state index in [1.165, 1.54) is 25.0 Å². The molecule has 0 aliphatic carbocycles. The molecule has 0 atom stereocenters. The van der Waals surface area contributed by atoms with Crippen LogP contribution in [-0.2, 0) is 0 Å². The zero-order valence-electron chi connectivity index (χ0n) is 13.8. The van der Waals surface area contributed by atoms with Crippen LogP contribution >= 0.6 is 0 Å². The van der Waals surface area contributed by atoms with Gasteiger partial charge in [-0.3, -0.25) is 0 Å². The van der Waals surface area contributed by atoms with Crippen LogP contribution in [0.5, 0.6) is 0 Å². The van der Waals surface area contributed by atoms with Crippen LogP contribution in [0, 0.1) is 11.8 Å². The molecular formula is C17H34N2. The largest absolute Gasteiger partial charge is 0.389 e. The summed E-state index contributed by atoms with van der Waals surface area (Å²) >= 11 is 0. The van der Waals surface area contributed by atoms with Crippen molar-refractivity contribution in [1.82, 2.24) is 10.2 Å².